The third-order valence-electron chi connectivity index (χ3n) is 4.90. The zero-order valence-corrected chi connectivity index (χ0v) is 15.4. The van der Waals surface area contributed by atoms with Gasteiger partial charge in [-0.3, -0.25) is 4.79 Å². The Morgan fingerprint density at radius 2 is 2.35 bits per heavy atom. The summed E-state index contributed by atoms with van der Waals surface area (Å²) < 4.78 is 25.3. The summed E-state index contributed by atoms with van der Waals surface area (Å²) in [6.45, 7) is 4.17. The summed E-state index contributed by atoms with van der Waals surface area (Å²) in [5.74, 6) is -0.551. The molecule has 26 heavy (non-hydrogen) atoms. The highest BCUT2D eigenvalue weighted by atomic mass is 32.1. The van der Waals surface area contributed by atoms with Crippen LogP contribution in [0.15, 0.2) is 29.6 Å². The first kappa shape index (κ1) is 17.6. The Bertz CT molecular complexity index is 804. The maximum Gasteiger partial charge on any atom is 0.254 e. The zero-order chi connectivity index (χ0) is 18.1. The molecule has 2 saturated heterocycles. The molecule has 0 bridgehead atoms. The lowest BCUT2D eigenvalue weighted by atomic mass is 9.84. The number of aromatic nitrogens is 1. The van der Waals surface area contributed by atoms with Crippen molar-refractivity contribution in [3.05, 3.63) is 51.7 Å². The molecule has 7 heteroatoms. The molecule has 1 atom stereocenters. The maximum atomic E-state index is 13.3. The van der Waals surface area contributed by atoms with Crippen LogP contribution in [0.2, 0.25) is 0 Å². The number of nitrogens with zero attached hydrogens (tertiary/aromatic N) is 2. The van der Waals surface area contributed by atoms with Crippen molar-refractivity contribution in [1.29, 1.82) is 0 Å². The number of carbonyl (C=O) groups is 1. The Kier molecular flexibility index (Phi) is 4.77. The first-order valence-corrected chi connectivity index (χ1v) is 9.62. The maximum absolute atomic E-state index is 13.3. The van der Waals surface area contributed by atoms with Crippen molar-refractivity contribution in [3.63, 3.8) is 0 Å². The Morgan fingerprint density at radius 3 is 3.08 bits per heavy atom. The summed E-state index contributed by atoms with van der Waals surface area (Å²) in [5.41, 5.74) is 1.01. The molecule has 0 saturated carbocycles. The zero-order valence-electron chi connectivity index (χ0n) is 14.6. The Morgan fingerprint density at radius 1 is 1.50 bits per heavy atom. The van der Waals surface area contributed by atoms with Crippen molar-refractivity contribution in [2.45, 2.75) is 38.1 Å². The SMILES string of the molecule is Cc1nc(CO[C@@H]2CCOC3(C2)CN(C(=O)c2cccc(F)c2)C3)cs1. The third kappa shape index (κ3) is 3.65. The average molecular weight is 376 g/mol. The van der Waals surface area contributed by atoms with Crippen molar-refractivity contribution in [2.75, 3.05) is 19.7 Å². The number of benzene rings is 1. The van der Waals surface area contributed by atoms with Crippen LogP contribution in [0, 0.1) is 12.7 Å². The summed E-state index contributed by atoms with van der Waals surface area (Å²) in [7, 11) is 0. The number of thiazole rings is 1. The molecule has 0 aliphatic carbocycles. The summed E-state index contributed by atoms with van der Waals surface area (Å²) in [6, 6.07) is 5.81. The van der Waals surface area contributed by atoms with E-state index in [4.69, 9.17) is 9.47 Å². The Labute approximate surface area is 155 Å². The van der Waals surface area contributed by atoms with Crippen molar-refractivity contribution < 1.29 is 18.7 Å². The van der Waals surface area contributed by atoms with Crippen molar-refractivity contribution in [1.82, 2.24) is 9.88 Å². The quantitative estimate of drug-likeness (QED) is 0.822. The van der Waals surface area contributed by atoms with Gasteiger partial charge in [0.15, 0.2) is 0 Å². The molecule has 1 aromatic carbocycles. The van der Waals surface area contributed by atoms with E-state index in [1.807, 2.05) is 12.3 Å². The fraction of sp³-hybridized carbons (Fsp3) is 0.474. The van der Waals surface area contributed by atoms with Crippen LogP contribution in [0.5, 0.6) is 0 Å². The molecule has 0 N–H and O–H groups in total. The Hall–Kier alpha value is -1.83. The number of amides is 1. The minimum absolute atomic E-state index is 0.108. The molecule has 2 aliphatic rings. The number of hydrogen-bond donors (Lipinski definition) is 0. The molecular weight excluding hydrogens is 355 g/mol. The highest BCUT2D eigenvalue weighted by molar-refractivity contribution is 7.09. The molecule has 138 valence electrons. The number of aryl methyl sites for hydroxylation is 1. The van der Waals surface area contributed by atoms with E-state index >= 15 is 0 Å². The van der Waals surface area contributed by atoms with E-state index in [0.29, 0.717) is 31.9 Å². The van der Waals surface area contributed by atoms with Gasteiger partial charge in [0.1, 0.15) is 11.4 Å². The van der Waals surface area contributed by atoms with Crippen LogP contribution < -0.4 is 0 Å². The summed E-state index contributed by atoms with van der Waals surface area (Å²) >= 11 is 1.62. The number of carbonyl (C=O) groups excluding carboxylic acids is 1. The molecular formula is C19H21FN2O3S. The first-order valence-electron chi connectivity index (χ1n) is 8.74. The Balaban J connectivity index is 1.32. The number of ether oxygens (including phenoxy) is 2. The van der Waals surface area contributed by atoms with Crippen molar-refractivity contribution in [2.24, 2.45) is 0 Å². The van der Waals surface area contributed by atoms with Gasteiger partial charge in [0.2, 0.25) is 0 Å². The molecule has 2 fully saturated rings. The normalized spacial score (nSPS) is 21.6. The second kappa shape index (κ2) is 7.06. The average Bonchev–Trinajstić information content (AvgIpc) is 3.03. The minimum Gasteiger partial charge on any atom is -0.372 e. The van der Waals surface area contributed by atoms with Crippen molar-refractivity contribution >= 4 is 17.2 Å². The van der Waals surface area contributed by atoms with Crippen LogP contribution in [-0.4, -0.2) is 47.2 Å². The molecule has 5 nitrogen and oxygen atoms in total. The number of likely N-dealkylation sites (tertiary alicyclic amines) is 1. The number of hydrogen-bond acceptors (Lipinski definition) is 5. The van der Waals surface area contributed by atoms with Crippen LogP contribution in [0.1, 0.15) is 33.9 Å². The van der Waals surface area contributed by atoms with Gasteiger partial charge in [0.05, 0.1) is 36.5 Å². The van der Waals surface area contributed by atoms with Gasteiger partial charge in [-0.05, 0) is 31.5 Å². The third-order valence-corrected chi connectivity index (χ3v) is 5.72. The van der Waals surface area contributed by atoms with Crippen LogP contribution in [0.3, 0.4) is 0 Å². The molecule has 2 aliphatic heterocycles. The van der Waals surface area contributed by atoms with Crippen LogP contribution >= 0.6 is 11.3 Å². The van der Waals surface area contributed by atoms with Gasteiger partial charge in [-0.1, -0.05) is 6.07 Å². The summed E-state index contributed by atoms with van der Waals surface area (Å²) in [5, 5.41) is 3.06. The smallest absolute Gasteiger partial charge is 0.254 e. The monoisotopic (exact) mass is 376 g/mol. The topological polar surface area (TPSA) is 51.7 Å². The highest BCUT2D eigenvalue weighted by Crippen LogP contribution is 2.36. The van der Waals surface area contributed by atoms with E-state index in [9.17, 15) is 9.18 Å². The standard InChI is InChI=1S/C19H21FN2O3S/c1-13-21-16(10-26-13)9-24-17-5-6-25-19(8-17)11-22(12-19)18(23)14-3-2-4-15(20)7-14/h2-4,7,10,17H,5-6,8-9,11-12H2,1H3/t17-/m1/s1. The first-order chi connectivity index (χ1) is 12.5. The van der Waals surface area contributed by atoms with E-state index in [2.05, 4.69) is 4.98 Å². The van der Waals surface area contributed by atoms with E-state index in [1.165, 1.54) is 12.1 Å². The fourth-order valence-corrected chi connectivity index (χ4v) is 4.22. The van der Waals surface area contributed by atoms with Crippen LogP contribution in [-0.2, 0) is 16.1 Å². The largest absolute Gasteiger partial charge is 0.372 e. The van der Waals surface area contributed by atoms with Gasteiger partial charge in [0, 0.05) is 24.0 Å². The minimum atomic E-state index is -0.397. The highest BCUT2D eigenvalue weighted by Gasteiger charge is 2.49. The lowest BCUT2D eigenvalue weighted by molar-refractivity contribution is -0.188. The van der Waals surface area contributed by atoms with Gasteiger partial charge < -0.3 is 14.4 Å². The summed E-state index contributed by atoms with van der Waals surface area (Å²) in [4.78, 5) is 18.6. The lowest BCUT2D eigenvalue weighted by Crippen LogP contribution is -2.67. The van der Waals surface area contributed by atoms with Crippen molar-refractivity contribution in [3.8, 4) is 0 Å². The molecule has 2 aromatic rings. The molecule has 4 rings (SSSR count). The molecule has 3 heterocycles. The molecule has 1 aromatic heterocycles. The lowest BCUT2D eigenvalue weighted by Gasteiger charge is -2.53. The van der Waals surface area contributed by atoms with Gasteiger partial charge >= 0.3 is 0 Å². The van der Waals surface area contributed by atoms with Gasteiger partial charge in [-0.15, -0.1) is 11.3 Å². The van der Waals surface area contributed by atoms with Gasteiger partial charge in [0.25, 0.3) is 5.91 Å². The predicted molar refractivity (Wildman–Crippen MR) is 95.6 cm³/mol. The molecule has 0 unspecified atom stereocenters. The number of halogens is 1. The predicted octanol–water partition coefficient (Wildman–Crippen LogP) is 3.18. The number of rotatable bonds is 4. The molecule has 0 radical (unpaired) electrons. The second-order valence-corrected chi connectivity index (χ2v) is 8.05. The van der Waals surface area contributed by atoms with E-state index in [1.54, 1.807) is 28.4 Å². The fourth-order valence-electron chi connectivity index (χ4n) is 3.62. The summed E-state index contributed by atoms with van der Waals surface area (Å²) in [6.07, 6.45) is 1.73. The molecule has 1 spiro atoms. The second-order valence-electron chi connectivity index (χ2n) is 6.99. The van der Waals surface area contributed by atoms with Crippen LogP contribution in [0.25, 0.3) is 0 Å². The van der Waals surface area contributed by atoms with E-state index < -0.39 is 5.82 Å². The van der Waals surface area contributed by atoms with Gasteiger partial charge in [-0.25, -0.2) is 9.37 Å². The van der Waals surface area contributed by atoms with Gasteiger partial charge in [-0.2, -0.15) is 0 Å². The molecule has 1 amide bonds. The van der Waals surface area contributed by atoms with E-state index in [0.717, 1.165) is 23.5 Å². The van der Waals surface area contributed by atoms with E-state index in [-0.39, 0.29) is 17.6 Å². The van der Waals surface area contributed by atoms with Crippen LogP contribution in [0.4, 0.5) is 4.39 Å².